The largest absolute Gasteiger partial charge is 0.312 e. The Hall–Kier alpha value is -1.31. The Morgan fingerprint density at radius 1 is 1.25 bits per heavy atom. The molecule has 0 radical (unpaired) electrons. The van der Waals surface area contributed by atoms with Crippen molar-refractivity contribution in [2.45, 2.75) is 13.0 Å². The Labute approximate surface area is 71.9 Å². The summed E-state index contributed by atoms with van der Waals surface area (Å²) < 4.78 is 0. The molecule has 0 saturated carbocycles. The Bertz CT molecular complexity index is 288. The molecule has 1 heterocycles. The van der Waals surface area contributed by atoms with Crippen molar-refractivity contribution in [1.82, 2.24) is 4.90 Å². The topological polar surface area (TPSA) is 20.3 Å². The van der Waals surface area contributed by atoms with Crippen molar-refractivity contribution in [1.29, 1.82) is 0 Å². The molecule has 1 amide bonds. The van der Waals surface area contributed by atoms with Crippen LogP contribution in [0.5, 0.6) is 0 Å². The molecule has 12 heavy (non-hydrogen) atoms. The lowest BCUT2D eigenvalue weighted by Gasteiger charge is -2.34. The van der Waals surface area contributed by atoms with E-state index >= 15 is 0 Å². The fourth-order valence-corrected chi connectivity index (χ4v) is 1.54. The van der Waals surface area contributed by atoms with E-state index in [1.807, 2.05) is 18.4 Å². The molecule has 2 aliphatic rings. The Morgan fingerprint density at radius 2 is 2.08 bits per heavy atom. The lowest BCUT2D eigenvalue weighted by Crippen LogP contribution is -2.41. The molecule has 1 aliphatic heterocycles. The Balaban J connectivity index is 2.25. The number of allylic oxidation sites excluding steroid dienone is 2. The molecule has 0 aromatic rings. The van der Waals surface area contributed by atoms with Gasteiger partial charge in [-0.3, -0.25) is 4.79 Å². The van der Waals surface area contributed by atoms with Crippen molar-refractivity contribution in [2.24, 2.45) is 5.92 Å². The van der Waals surface area contributed by atoms with Crippen LogP contribution >= 0.6 is 0 Å². The first-order valence-corrected chi connectivity index (χ1v) is 4.11. The zero-order valence-electron chi connectivity index (χ0n) is 6.97. The van der Waals surface area contributed by atoms with Gasteiger partial charge in [0.1, 0.15) is 0 Å². The molecule has 2 rings (SSSR count). The van der Waals surface area contributed by atoms with E-state index in [0.717, 1.165) is 0 Å². The molecule has 0 fully saturated rings. The number of carbonyl (C=O) groups excluding carboxylic acids is 1. The standard InChI is InChI=1S/C10H11NO/c1-8(12)11-7-3-2-4-9-5-6-10(9)11/h2-7,9-10H,1H3/t9-,10+/m1/s1. The van der Waals surface area contributed by atoms with E-state index < -0.39 is 0 Å². The molecular formula is C10H11NO. The molecule has 62 valence electrons. The van der Waals surface area contributed by atoms with E-state index in [1.165, 1.54) is 0 Å². The molecule has 0 unspecified atom stereocenters. The maximum atomic E-state index is 11.2. The minimum Gasteiger partial charge on any atom is -0.312 e. The first kappa shape index (κ1) is 7.35. The molecule has 0 saturated heterocycles. The molecule has 2 nitrogen and oxygen atoms in total. The quantitative estimate of drug-likeness (QED) is 0.493. The third kappa shape index (κ3) is 0.998. The summed E-state index contributed by atoms with van der Waals surface area (Å²) in [5, 5.41) is 0. The molecule has 0 bridgehead atoms. The number of hydrogen-bond donors (Lipinski definition) is 0. The van der Waals surface area contributed by atoms with Gasteiger partial charge in [0.05, 0.1) is 6.04 Å². The zero-order valence-corrected chi connectivity index (χ0v) is 6.97. The Morgan fingerprint density at radius 3 is 2.67 bits per heavy atom. The molecule has 2 atom stereocenters. The number of hydrogen-bond acceptors (Lipinski definition) is 1. The van der Waals surface area contributed by atoms with Crippen LogP contribution in [0.3, 0.4) is 0 Å². The molecule has 0 spiro atoms. The second-order valence-corrected chi connectivity index (χ2v) is 3.11. The predicted molar refractivity (Wildman–Crippen MR) is 47.2 cm³/mol. The SMILES string of the molecule is CC(=O)N1C=CC=C[C@@H]2C=C[C@@H]21. The van der Waals surface area contributed by atoms with E-state index in [9.17, 15) is 4.79 Å². The molecule has 2 heteroatoms. The summed E-state index contributed by atoms with van der Waals surface area (Å²) >= 11 is 0. The number of amides is 1. The molecule has 1 aliphatic carbocycles. The van der Waals surface area contributed by atoms with Gasteiger partial charge >= 0.3 is 0 Å². The van der Waals surface area contributed by atoms with Gasteiger partial charge in [0.15, 0.2) is 0 Å². The lowest BCUT2D eigenvalue weighted by molar-refractivity contribution is -0.128. The van der Waals surface area contributed by atoms with Gasteiger partial charge in [0.2, 0.25) is 5.91 Å². The van der Waals surface area contributed by atoms with Crippen LogP contribution in [-0.4, -0.2) is 16.8 Å². The van der Waals surface area contributed by atoms with Crippen molar-refractivity contribution in [3.05, 3.63) is 36.6 Å². The first-order valence-electron chi connectivity index (χ1n) is 4.11. The lowest BCUT2D eigenvalue weighted by atomic mass is 9.88. The van der Waals surface area contributed by atoms with Crippen LogP contribution in [0.25, 0.3) is 0 Å². The van der Waals surface area contributed by atoms with Crippen LogP contribution in [-0.2, 0) is 4.79 Å². The fourth-order valence-electron chi connectivity index (χ4n) is 1.54. The van der Waals surface area contributed by atoms with Gasteiger partial charge in [0, 0.05) is 19.0 Å². The average Bonchev–Trinajstić information content (AvgIpc) is 2.10. The highest BCUT2D eigenvalue weighted by molar-refractivity contribution is 5.75. The van der Waals surface area contributed by atoms with E-state index in [0.29, 0.717) is 5.92 Å². The summed E-state index contributed by atoms with van der Waals surface area (Å²) in [6.45, 7) is 1.60. The maximum Gasteiger partial charge on any atom is 0.223 e. The van der Waals surface area contributed by atoms with Gasteiger partial charge in [-0.15, -0.1) is 0 Å². The highest BCUT2D eigenvalue weighted by atomic mass is 16.2. The minimum absolute atomic E-state index is 0.106. The van der Waals surface area contributed by atoms with Crippen LogP contribution < -0.4 is 0 Å². The van der Waals surface area contributed by atoms with Crippen molar-refractivity contribution >= 4 is 5.91 Å². The van der Waals surface area contributed by atoms with E-state index in [1.54, 1.807) is 11.8 Å². The van der Waals surface area contributed by atoms with Gasteiger partial charge in [-0.25, -0.2) is 0 Å². The van der Waals surface area contributed by atoms with Crippen molar-refractivity contribution in [3.63, 3.8) is 0 Å². The number of nitrogens with zero attached hydrogens (tertiary/aromatic N) is 1. The van der Waals surface area contributed by atoms with Crippen LogP contribution in [0.15, 0.2) is 36.6 Å². The molecular weight excluding hydrogens is 150 g/mol. The van der Waals surface area contributed by atoms with E-state index in [2.05, 4.69) is 18.2 Å². The van der Waals surface area contributed by atoms with Crippen molar-refractivity contribution in [2.75, 3.05) is 0 Å². The number of carbonyl (C=O) groups is 1. The molecule has 0 aromatic carbocycles. The van der Waals surface area contributed by atoms with Gasteiger partial charge in [-0.05, 0) is 6.08 Å². The van der Waals surface area contributed by atoms with Crippen LogP contribution in [0.1, 0.15) is 6.92 Å². The monoisotopic (exact) mass is 161 g/mol. The first-order chi connectivity index (χ1) is 5.79. The van der Waals surface area contributed by atoms with Crippen molar-refractivity contribution < 1.29 is 4.79 Å². The summed E-state index contributed by atoms with van der Waals surface area (Å²) in [7, 11) is 0. The highest BCUT2D eigenvalue weighted by Gasteiger charge is 2.29. The maximum absolute atomic E-state index is 11.2. The average molecular weight is 161 g/mol. The zero-order chi connectivity index (χ0) is 8.55. The second-order valence-electron chi connectivity index (χ2n) is 3.11. The number of rotatable bonds is 0. The summed E-state index contributed by atoms with van der Waals surface area (Å²) in [4.78, 5) is 12.9. The van der Waals surface area contributed by atoms with Gasteiger partial charge in [0.25, 0.3) is 0 Å². The van der Waals surface area contributed by atoms with Crippen LogP contribution in [0.4, 0.5) is 0 Å². The smallest absolute Gasteiger partial charge is 0.223 e. The third-order valence-corrected chi connectivity index (χ3v) is 2.30. The summed E-state index contributed by atoms with van der Waals surface area (Å²) in [5.74, 6) is 0.526. The van der Waals surface area contributed by atoms with E-state index in [4.69, 9.17) is 0 Å². The summed E-state index contributed by atoms with van der Waals surface area (Å²) in [6.07, 6.45) is 12.0. The van der Waals surface area contributed by atoms with Gasteiger partial charge < -0.3 is 4.90 Å². The minimum atomic E-state index is 0.106. The highest BCUT2D eigenvalue weighted by Crippen LogP contribution is 2.27. The van der Waals surface area contributed by atoms with Gasteiger partial charge in [-0.1, -0.05) is 24.3 Å². The van der Waals surface area contributed by atoms with E-state index in [-0.39, 0.29) is 11.9 Å². The normalized spacial score (nSPS) is 30.9. The number of fused-ring (bicyclic) bond motifs is 1. The predicted octanol–water partition coefficient (Wildman–Crippen LogP) is 1.47. The third-order valence-electron chi connectivity index (χ3n) is 2.30. The van der Waals surface area contributed by atoms with Crippen LogP contribution in [0, 0.1) is 5.92 Å². The van der Waals surface area contributed by atoms with Crippen LogP contribution in [0.2, 0.25) is 0 Å². The summed E-state index contributed by atoms with van der Waals surface area (Å²) in [5.41, 5.74) is 0. The molecule has 0 aromatic heterocycles. The van der Waals surface area contributed by atoms with Gasteiger partial charge in [-0.2, -0.15) is 0 Å². The van der Waals surface area contributed by atoms with Crippen molar-refractivity contribution in [3.8, 4) is 0 Å². The Kier molecular flexibility index (Phi) is 1.61. The summed E-state index contributed by atoms with van der Waals surface area (Å²) in [6, 6.07) is 0.262. The fraction of sp³-hybridized carbons (Fsp3) is 0.300. The second kappa shape index (κ2) is 2.63. The molecule has 0 N–H and O–H groups in total.